The van der Waals surface area contributed by atoms with Gasteiger partial charge in [0.1, 0.15) is 5.76 Å². The first-order chi connectivity index (χ1) is 7.22. The highest BCUT2D eigenvalue weighted by atomic mass is 32.1. The van der Waals surface area contributed by atoms with Crippen LogP contribution in [0, 0.1) is 13.8 Å². The summed E-state index contributed by atoms with van der Waals surface area (Å²) in [7, 11) is 1.96. The van der Waals surface area contributed by atoms with Gasteiger partial charge in [0.15, 0.2) is 0 Å². The van der Waals surface area contributed by atoms with Crippen LogP contribution in [-0.2, 0) is 0 Å². The van der Waals surface area contributed by atoms with Gasteiger partial charge in [0, 0.05) is 4.88 Å². The molecule has 1 unspecified atom stereocenters. The van der Waals surface area contributed by atoms with Crippen molar-refractivity contribution in [3.8, 4) is 0 Å². The average molecular weight is 221 g/mol. The Balaban J connectivity index is 2.36. The zero-order valence-electron chi connectivity index (χ0n) is 9.20. The number of aryl methyl sites for hydroxylation is 2. The molecule has 2 nitrogen and oxygen atoms in total. The fourth-order valence-corrected chi connectivity index (χ4v) is 2.47. The van der Waals surface area contributed by atoms with Gasteiger partial charge in [-0.3, -0.25) is 0 Å². The molecule has 0 bridgehead atoms. The molecule has 0 fully saturated rings. The molecule has 2 rings (SSSR count). The second kappa shape index (κ2) is 4.21. The Morgan fingerprint density at radius 2 is 2.20 bits per heavy atom. The monoisotopic (exact) mass is 221 g/mol. The lowest BCUT2D eigenvalue weighted by atomic mass is 10.1. The maximum atomic E-state index is 5.52. The highest BCUT2D eigenvalue weighted by Crippen LogP contribution is 2.28. The van der Waals surface area contributed by atoms with Gasteiger partial charge >= 0.3 is 0 Å². The third-order valence-electron chi connectivity index (χ3n) is 2.54. The molecule has 0 aromatic carbocycles. The lowest BCUT2D eigenvalue weighted by Gasteiger charge is -2.13. The maximum Gasteiger partial charge on any atom is 0.128 e. The van der Waals surface area contributed by atoms with Crippen LogP contribution in [0.5, 0.6) is 0 Å². The molecule has 0 amide bonds. The second-order valence-electron chi connectivity index (χ2n) is 3.68. The van der Waals surface area contributed by atoms with Crippen molar-refractivity contribution in [1.29, 1.82) is 0 Å². The molecule has 0 radical (unpaired) electrons. The van der Waals surface area contributed by atoms with Crippen molar-refractivity contribution in [1.82, 2.24) is 5.32 Å². The molecular formula is C12H15NOS. The summed E-state index contributed by atoms with van der Waals surface area (Å²) in [5.74, 6) is 1.01. The smallest absolute Gasteiger partial charge is 0.128 e. The van der Waals surface area contributed by atoms with Crippen molar-refractivity contribution < 1.29 is 4.42 Å². The number of rotatable bonds is 3. The van der Waals surface area contributed by atoms with E-state index >= 15 is 0 Å². The number of furan rings is 1. The standard InChI is InChI=1S/C12H15NOS/c1-8-4-5-14-12(8)11(13-3)10-6-9(2)15-7-10/h4-7,11,13H,1-3H3. The van der Waals surface area contributed by atoms with E-state index in [1.54, 1.807) is 17.6 Å². The van der Waals surface area contributed by atoms with E-state index in [0.717, 1.165) is 5.76 Å². The Labute approximate surface area is 93.9 Å². The van der Waals surface area contributed by atoms with Crippen LogP contribution in [0.25, 0.3) is 0 Å². The lowest BCUT2D eigenvalue weighted by molar-refractivity contribution is 0.461. The van der Waals surface area contributed by atoms with Crippen LogP contribution >= 0.6 is 11.3 Å². The van der Waals surface area contributed by atoms with E-state index in [0.29, 0.717) is 0 Å². The van der Waals surface area contributed by atoms with Crippen molar-refractivity contribution in [2.24, 2.45) is 0 Å². The maximum absolute atomic E-state index is 5.52. The fourth-order valence-electron chi connectivity index (χ4n) is 1.74. The van der Waals surface area contributed by atoms with Gasteiger partial charge in [-0.1, -0.05) is 0 Å². The third kappa shape index (κ3) is 1.98. The summed E-state index contributed by atoms with van der Waals surface area (Å²) in [6, 6.07) is 4.37. The number of hydrogen-bond acceptors (Lipinski definition) is 3. The van der Waals surface area contributed by atoms with Crippen molar-refractivity contribution in [3.63, 3.8) is 0 Å². The number of thiophene rings is 1. The van der Waals surface area contributed by atoms with E-state index in [-0.39, 0.29) is 6.04 Å². The quantitative estimate of drug-likeness (QED) is 0.860. The minimum Gasteiger partial charge on any atom is -0.467 e. The highest BCUT2D eigenvalue weighted by molar-refractivity contribution is 7.10. The normalized spacial score (nSPS) is 13.0. The van der Waals surface area contributed by atoms with Crippen molar-refractivity contribution in [3.05, 3.63) is 45.5 Å². The molecule has 0 saturated carbocycles. The molecule has 2 heterocycles. The first kappa shape index (κ1) is 10.5. The van der Waals surface area contributed by atoms with Gasteiger partial charge in [0.25, 0.3) is 0 Å². The zero-order chi connectivity index (χ0) is 10.8. The lowest BCUT2D eigenvalue weighted by Crippen LogP contribution is -2.17. The Bertz CT molecular complexity index is 444. The molecule has 0 saturated heterocycles. The van der Waals surface area contributed by atoms with Crippen LogP contribution in [0.2, 0.25) is 0 Å². The summed E-state index contributed by atoms with van der Waals surface area (Å²) < 4.78 is 5.52. The second-order valence-corrected chi connectivity index (χ2v) is 4.80. The van der Waals surface area contributed by atoms with E-state index in [1.165, 1.54) is 16.0 Å². The van der Waals surface area contributed by atoms with E-state index in [4.69, 9.17) is 4.42 Å². The Morgan fingerprint density at radius 1 is 1.40 bits per heavy atom. The molecule has 0 aliphatic rings. The predicted molar refractivity (Wildman–Crippen MR) is 63.4 cm³/mol. The molecule has 80 valence electrons. The van der Waals surface area contributed by atoms with Gasteiger partial charge in [-0.25, -0.2) is 0 Å². The molecular weight excluding hydrogens is 206 g/mol. The van der Waals surface area contributed by atoms with Gasteiger partial charge in [-0.05, 0) is 49.5 Å². The van der Waals surface area contributed by atoms with E-state index < -0.39 is 0 Å². The molecule has 2 aromatic rings. The molecule has 1 N–H and O–H groups in total. The molecule has 2 aromatic heterocycles. The van der Waals surface area contributed by atoms with Gasteiger partial charge in [-0.2, -0.15) is 0 Å². The topological polar surface area (TPSA) is 25.2 Å². The summed E-state index contributed by atoms with van der Waals surface area (Å²) in [5.41, 5.74) is 2.47. The van der Waals surface area contributed by atoms with E-state index in [2.05, 4.69) is 30.6 Å². The summed E-state index contributed by atoms with van der Waals surface area (Å²) in [6.07, 6.45) is 1.74. The summed E-state index contributed by atoms with van der Waals surface area (Å²) in [5, 5.41) is 5.47. The van der Waals surface area contributed by atoms with Crippen LogP contribution in [-0.4, -0.2) is 7.05 Å². The molecule has 15 heavy (non-hydrogen) atoms. The van der Waals surface area contributed by atoms with Crippen LogP contribution in [0.4, 0.5) is 0 Å². The predicted octanol–water partition coefficient (Wildman–Crippen LogP) is 3.27. The fraction of sp³-hybridized carbons (Fsp3) is 0.333. The van der Waals surface area contributed by atoms with Crippen LogP contribution < -0.4 is 5.32 Å². The Morgan fingerprint density at radius 3 is 2.67 bits per heavy atom. The van der Waals surface area contributed by atoms with Crippen molar-refractivity contribution in [2.75, 3.05) is 7.05 Å². The molecule has 3 heteroatoms. The minimum atomic E-state index is 0.171. The molecule has 1 atom stereocenters. The zero-order valence-corrected chi connectivity index (χ0v) is 10.0. The van der Waals surface area contributed by atoms with E-state index in [1.807, 2.05) is 13.1 Å². The third-order valence-corrected chi connectivity index (χ3v) is 3.42. The highest BCUT2D eigenvalue weighted by Gasteiger charge is 2.18. The van der Waals surface area contributed by atoms with Gasteiger partial charge < -0.3 is 9.73 Å². The van der Waals surface area contributed by atoms with Crippen LogP contribution in [0.15, 0.2) is 28.2 Å². The summed E-state index contributed by atoms with van der Waals surface area (Å²) in [6.45, 7) is 4.19. The van der Waals surface area contributed by atoms with Gasteiger partial charge in [0.2, 0.25) is 0 Å². The Hall–Kier alpha value is -1.06. The minimum absolute atomic E-state index is 0.171. The summed E-state index contributed by atoms with van der Waals surface area (Å²) >= 11 is 1.77. The number of nitrogens with one attached hydrogen (secondary N) is 1. The largest absolute Gasteiger partial charge is 0.467 e. The van der Waals surface area contributed by atoms with Crippen molar-refractivity contribution >= 4 is 11.3 Å². The SMILES string of the molecule is CNC(c1csc(C)c1)c1occc1C. The van der Waals surface area contributed by atoms with Crippen molar-refractivity contribution in [2.45, 2.75) is 19.9 Å². The molecule has 0 aliphatic heterocycles. The van der Waals surface area contributed by atoms with E-state index in [9.17, 15) is 0 Å². The Kier molecular flexibility index (Phi) is 2.93. The molecule has 0 aliphatic carbocycles. The van der Waals surface area contributed by atoms with Crippen LogP contribution in [0.3, 0.4) is 0 Å². The van der Waals surface area contributed by atoms with Crippen LogP contribution in [0.1, 0.15) is 27.8 Å². The molecule has 0 spiro atoms. The first-order valence-electron chi connectivity index (χ1n) is 4.98. The average Bonchev–Trinajstić information content (AvgIpc) is 2.79. The summed E-state index contributed by atoms with van der Waals surface area (Å²) in [4.78, 5) is 1.33. The van der Waals surface area contributed by atoms with Gasteiger partial charge in [-0.15, -0.1) is 11.3 Å². The number of hydrogen-bond donors (Lipinski definition) is 1. The first-order valence-corrected chi connectivity index (χ1v) is 5.86. The van der Waals surface area contributed by atoms with Gasteiger partial charge in [0.05, 0.1) is 12.3 Å².